The topological polar surface area (TPSA) is 111 Å². The number of fused-ring (bicyclic) bond motifs is 1. The van der Waals surface area contributed by atoms with E-state index >= 15 is 0 Å². The number of aromatic amines is 1. The molecule has 0 radical (unpaired) electrons. The number of halogens is 1. The zero-order valence-corrected chi connectivity index (χ0v) is 15.2. The standard InChI is InChI=1S/C17H19ClN4O.CH2O2/c1-10(2)15(8-23)22-17-12-7-14(21-16(12)19-9-20-17)11-5-3-4-6-13(11)18;2-1-3/h3-7,9-10,15,23H,8H2,1-2H3,(H2,19,20,21,22);1H,(H,2,3)/t15-;/m0./s1. The van der Waals surface area contributed by atoms with E-state index < -0.39 is 0 Å². The summed E-state index contributed by atoms with van der Waals surface area (Å²) in [6.07, 6.45) is 1.51. The van der Waals surface area contributed by atoms with Gasteiger partial charge >= 0.3 is 0 Å². The van der Waals surface area contributed by atoms with Gasteiger partial charge in [0, 0.05) is 16.3 Å². The highest BCUT2D eigenvalue weighted by Gasteiger charge is 2.16. The molecule has 3 rings (SSSR count). The number of carbonyl (C=O) groups is 1. The molecule has 0 bridgehead atoms. The van der Waals surface area contributed by atoms with Crippen LogP contribution in [-0.2, 0) is 4.79 Å². The van der Waals surface area contributed by atoms with Gasteiger partial charge in [0.25, 0.3) is 6.47 Å². The van der Waals surface area contributed by atoms with Gasteiger partial charge in [0.05, 0.1) is 18.0 Å². The molecule has 0 spiro atoms. The quantitative estimate of drug-likeness (QED) is 0.508. The Morgan fingerprint density at radius 2 is 2.00 bits per heavy atom. The predicted octanol–water partition coefficient (Wildman–Crippen LogP) is 3.41. The normalized spacial score (nSPS) is 11.7. The van der Waals surface area contributed by atoms with Crippen LogP contribution in [-0.4, -0.2) is 44.3 Å². The third kappa shape index (κ3) is 4.50. The molecule has 0 unspecified atom stereocenters. The van der Waals surface area contributed by atoms with Crippen LogP contribution in [0.1, 0.15) is 13.8 Å². The molecule has 0 fully saturated rings. The summed E-state index contributed by atoms with van der Waals surface area (Å²) < 4.78 is 0. The van der Waals surface area contributed by atoms with Gasteiger partial charge in [-0.3, -0.25) is 4.79 Å². The minimum absolute atomic E-state index is 0.0466. The fourth-order valence-corrected chi connectivity index (χ4v) is 2.72. The van der Waals surface area contributed by atoms with E-state index in [0.717, 1.165) is 22.3 Å². The average Bonchev–Trinajstić information content (AvgIpc) is 3.05. The number of aromatic nitrogens is 3. The van der Waals surface area contributed by atoms with Crippen LogP contribution >= 0.6 is 11.6 Å². The molecule has 3 aromatic rings. The van der Waals surface area contributed by atoms with E-state index in [0.29, 0.717) is 10.8 Å². The van der Waals surface area contributed by atoms with E-state index in [9.17, 15) is 5.11 Å². The monoisotopic (exact) mass is 376 g/mol. The Morgan fingerprint density at radius 3 is 2.62 bits per heavy atom. The lowest BCUT2D eigenvalue weighted by molar-refractivity contribution is -0.122. The largest absolute Gasteiger partial charge is 0.483 e. The summed E-state index contributed by atoms with van der Waals surface area (Å²) >= 11 is 6.27. The lowest BCUT2D eigenvalue weighted by Gasteiger charge is -2.20. The first-order chi connectivity index (χ1) is 12.5. The van der Waals surface area contributed by atoms with Gasteiger partial charge < -0.3 is 20.5 Å². The highest BCUT2D eigenvalue weighted by atomic mass is 35.5. The molecular weight excluding hydrogens is 356 g/mol. The summed E-state index contributed by atoms with van der Waals surface area (Å²) in [4.78, 5) is 20.2. The molecule has 26 heavy (non-hydrogen) atoms. The second-order valence-corrected chi connectivity index (χ2v) is 6.34. The molecule has 0 saturated carbocycles. The lowest BCUT2D eigenvalue weighted by Crippen LogP contribution is -2.29. The Hall–Kier alpha value is -2.64. The van der Waals surface area contributed by atoms with E-state index in [2.05, 4.69) is 34.1 Å². The molecule has 138 valence electrons. The van der Waals surface area contributed by atoms with Gasteiger partial charge in [0.15, 0.2) is 0 Å². The summed E-state index contributed by atoms with van der Waals surface area (Å²) in [7, 11) is 0. The van der Waals surface area contributed by atoms with Gasteiger partial charge in [-0.25, -0.2) is 9.97 Å². The van der Waals surface area contributed by atoms with E-state index in [1.807, 2.05) is 30.3 Å². The van der Waals surface area contributed by atoms with Gasteiger partial charge in [-0.15, -0.1) is 0 Å². The lowest BCUT2D eigenvalue weighted by atomic mass is 10.1. The van der Waals surface area contributed by atoms with E-state index in [-0.39, 0.29) is 25.0 Å². The first-order valence-electron chi connectivity index (χ1n) is 8.05. The molecule has 0 aliphatic carbocycles. The fraction of sp³-hybridized carbons (Fsp3) is 0.278. The number of hydrogen-bond donors (Lipinski definition) is 4. The third-order valence-electron chi connectivity index (χ3n) is 3.91. The number of anilines is 1. The number of hydrogen-bond acceptors (Lipinski definition) is 5. The minimum atomic E-state index is -0.250. The van der Waals surface area contributed by atoms with Gasteiger partial charge in [0.1, 0.15) is 17.8 Å². The SMILES string of the molecule is CC(C)[C@H](CO)Nc1ncnc2[nH]c(-c3ccccc3Cl)cc12.O=CO. The van der Waals surface area contributed by atoms with Crippen molar-refractivity contribution < 1.29 is 15.0 Å². The molecule has 4 N–H and O–H groups in total. The Morgan fingerprint density at radius 1 is 1.31 bits per heavy atom. The minimum Gasteiger partial charge on any atom is -0.483 e. The van der Waals surface area contributed by atoms with Crippen LogP contribution < -0.4 is 5.32 Å². The average molecular weight is 377 g/mol. The van der Waals surface area contributed by atoms with Crippen molar-refractivity contribution in [3.05, 3.63) is 41.7 Å². The van der Waals surface area contributed by atoms with E-state index in [1.165, 1.54) is 6.33 Å². The molecule has 0 amide bonds. The van der Waals surface area contributed by atoms with Gasteiger partial charge in [-0.2, -0.15) is 0 Å². The van der Waals surface area contributed by atoms with E-state index in [4.69, 9.17) is 21.5 Å². The second kappa shape index (κ2) is 9.17. The summed E-state index contributed by atoms with van der Waals surface area (Å²) in [6.45, 7) is 3.90. The number of rotatable bonds is 5. The van der Waals surface area contributed by atoms with Crippen LogP contribution in [0, 0.1) is 5.92 Å². The van der Waals surface area contributed by atoms with Crippen molar-refractivity contribution in [2.45, 2.75) is 19.9 Å². The van der Waals surface area contributed by atoms with Crippen LogP contribution in [0.15, 0.2) is 36.7 Å². The molecule has 0 aliphatic heterocycles. The van der Waals surface area contributed by atoms with Crippen LogP contribution in [0.2, 0.25) is 5.02 Å². The zero-order valence-electron chi connectivity index (χ0n) is 14.5. The maximum Gasteiger partial charge on any atom is 0.290 e. The Balaban J connectivity index is 0.000000758. The van der Waals surface area contributed by atoms with Gasteiger partial charge in [0.2, 0.25) is 0 Å². The Bertz CT molecular complexity index is 867. The predicted molar refractivity (Wildman–Crippen MR) is 102 cm³/mol. The van der Waals surface area contributed by atoms with Crippen molar-refractivity contribution >= 4 is 34.9 Å². The van der Waals surface area contributed by atoms with Crippen molar-refractivity contribution in [2.24, 2.45) is 5.92 Å². The van der Waals surface area contributed by atoms with E-state index in [1.54, 1.807) is 0 Å². The molecule has 8 heteroatoms. The summed E-state index contributed by atoms with van der Waals surface area (Å²) in [5.74, 6) is 0.990. The molecule has 0 saturated heterocycles. The smallest absolute Gasteiger partial charge is 0.290 e. The molecule has 1 atom stereocenters. The highest BCUT2D eigenvalue weighted by molar-refractivity contribution is 6.33. The first-order valence-corrected chi connectivity index (χ1v) is 8.43. The van der Waals surface area contributed by atoms with Crippen molar-refractivity contribution in [2.75, 3.05) is 11.9 Å². The Kier molecular flexibility index (Phi) is 6.94. The number of benzene rings is 1. The number of H-pyrrole nitrogens is 1. The number of nitrogens with one attached hydrogen (secondary N) is 2. The van der Waals surface area contributed by atoms with Gasteiger partial charge in [-0.05, 0) is 18.1 Å². The van der Waals surface area contributed by atoms with Crippen molar-refractivity contribution in [3.63, 3.8) is 0 Å². The summed E-state index contributed by atoms with van der Waals surface area (Å²) in [5, 5.41) is 21.3. The second-order valence-electron chi connectivity index (χ2n) is 5.93. The highest BCUT2D eigenvalue weighted by Crippen LogP contribution is 2.31. The van der Waals surface area contributed by atoms with Crippen LogP contribution in [0.3, 0.4) is 0 Å². The fourth-order valence-electron chi connectivity index (χ4n) is 2.48. The van der Waals surface area contributed by atoms with Crippen molar-refractivity contribution in [3.8, 4) is 11.3 Å². The summed E-state index contributed by atoms with van der Waals surface area (Å²) in [5.41, 5.74) is 2.54. The third-order valence-corrected chi connectivity index (χ3v) is 4.24. The van der Waals surface area contributed by atoms with Crippen LogP contribution in [0.5, 0.6) is 0 Å². The molecule has 7 nitrogen and oxygen atoms in total. The number of carboxylic acid groups (broad SMARTS) is 1. The summed E-state index contributed by atoms with van der Waals surface area (Å²) in [6, 6.07) is 9.57. The van der Waals surface area contributed by atoms with Crippen molar-refractivity contribution in [1.82, 2.24) is 15.0 Å². The molecule has 0 aliphatic rings. The molecule has 2 aromatic heterocycles. The van der Waals surface area contributed by atoms with Crippen LogP contribution in [0.25, 0.3) is 22.3 Å². The zero-order chi connectivity index (χ0) is 19.1. The number of aliphatic hydroxyl groups excluding tert-OH is 1. The van der Waals surface area contributed by atoms with Crippen molar-refractivity contribution in [1.29, 1.82) is 0 Å². The van der Waals surface area contributed by atoms with Crippen LogP contribution in [0.4, 0.5) is 5.82 Å². The number of nitrogens with zero attached hydrogens (tertiary/aromatic N) is 2. The maximum atomic E-state index is 9.52. The molecular formula is C18H21ClN4O3. The maximum absolute atomic E-state index is 9.52. The first kappa shape index (κ1) is 19.7. The molecule has 1 aromatic carbocycles. The molecule has 2 heterocycles. The Labute approximate surface area is 156 Å². The number of aliphatic hydroxyl groups is 1. The van der Waals surface area contributed by atoms with Gasteiger partial charge in [-0.1, -0.05) is 43.6 Å².